The Bertz CT molecular complexity index is 483. The van der Waals surface area contributed by atoms with Crippen LogP contribution in [0.1, 0.15) is 57.1 Å². The average Bonchev–Trinajstić information content (AvgIpc) is 3.04. The van der Waals surface area contributed by atoms with Gasteiger partial charge in [0.25, 0.3) is 0 Å². The smallest absolute Gasteiger partial charge is 0.165 e. The van der Waals surface area contributed by atoms with E-state index in [0.717, 1.165) is 12.8 Å². The molecule has 1 aromatic rings. The predicted octanol–water partition coefficient (Wildman–Crippen LogP) is 4.69. The van der Waals surface area contributed by atoms with E-state index in [4.69, 9.17) is 4.74 Å². The van der Waals surface area contributed by atoms with E-state index in [1.165, 1.54) is 24.0 Å². The van der Waals surface area contributed by atoms with Crippen LogP contribution in [0.25, 0.3) is 0 Å². The van der Waals surface area contributed by atoms with Crippen LogP contribution in [0.3, 0.4) is 0 Å². The third-order valence-electron chi connectivity index (χ3n) is 4.49. The third-order valence-corrected chi connectivity index (χ3v) is 4.49. The molecular formula is C17H23FO. The predicted molar refractivity (Wildman–Crippen MR) is 75.1 cm³/mol. The van der Waals surface area contributed by atoms with Gasteiger partial charge >= 0.3 is 0 Å². The molecule has 1 nitrogen and oxygen atoms in total. The SMILES string of the molecule is CC(C)(C)C1CCc2cc(F)c(OCC3CC3)cc21. The van der Waals surface area contributed by atoms with Gasteiger partial charge in [-0.2, -0.15) is 0 Å². The highest BCUT2D eigenvalue weighted by molar-refractivity contribution is 5.43. The Balaban J connectivity index is 1.86. The minimum atomic E-state index is -0.186. The molecule has 1 atom stereocenters. The van der Waals surface area contributed by atoms with Crippen LogP contribution in [-0.4, -0.2) is 6.61 Å². The zero-order valence-electron chi connectivity index (χ0n) is 12.1. The summed E-state index contributed by atoms with van der Waals surface area (Å²) in [5.41, 5.74) is 2.72. The molecule has 2 aliphatic carbocycles. The molecule has 0 N–H and O–H groups in total. The van der Waals surface area contributed by atoms with E-state index in [2.05, 4.69) is 20.8 Å². The maximum absolute atomic E-state index is 14.0. The molecule has 0 spiro atoms. The summed E-state index contributed by atoms with van der Waals surface area (Å²) in [6, 6.07) is 3.67. The van der Waals surface area contributed by atoms with Crippen molar-refractivity contribution in [3.8, 4) is 5.75 Å². The van der Waals surface area contributed by atoms with Crippen molar-refractivity contribution in [1.29, 1.82) is 0 Å². The van der Waals surface area contributed by atoms with Crippen molar-refractivity contribution < 1.29 is 9.13 Å². The maximum atomic E-state index is 14.0. The van der Waals surface area contributed by atoms with Gasteiger partial charge in [0.1, 0.15) is 0 Å². The number of halogens is 1. The Morgan fingerprint density at radius 2 is 1.95 bits per heavy atom. The number of rotatable bonds is 3. The van der Waals surface area contributed by atoms with Crippen LogP contribution >= 0.6 is 0 Å². The van der Waals surface area contributed by atoms with E-state index in [-0.39, 0.29) is 11.2 Å². The van der Waals surface area contributed by atoms with Crippen LogP contribution < -0.4 is 4.74 Å². The van der Waals surface area contributed by atoms with Crippen molar-refractivity contribution >= 4 is 0 Å². The van der Waals surface area contributed by atoms with Gasteiger partial charge in [0.2, 0.25) is 0 Å². The van der Waals surface area contributed by atoms with Gasteiger partial charge in [0.15, 0.2) is 11.6 Å². The number of hydrogen-bond donors (Lipinski definition) is 0. The Labute approximate surface area is 115 Å². The van der Waals surface area contributed by atoms with Gasteiger partial charge in [-0.05, 0) is 66.2 Å². The van der Waals surface area contributed by atoms with Crippen LogP contribution in [0.4, 0.5) is 4.39 Å². The van der Waals surface area contributed by atoms with Gasteiger partial charge in [-0.3, -0.25) is 0 Å². The molecule has 19 heavy (non-hydrogen) atoms. The fourth-order valence-corrected chi connectivity index (χ4v) is 3.11. The Hall–Kier alpha value is -1.05. The van der Waals surface area contributed by atoms with Gasteiger partial charge in [-0.25, -0.2) is 4.39 Å². The first-order chi connectivity index (χ1) is 8.95. The van der Waals surface area contributed by atoms with Crippen molar-refractivity contribution in [2.24, 2.45) is 11.3 Å². The van der Waals surface area contributed by atoms with E-state index in [0.29, 0.717) is 24.2 Å². The Morgan fingerprint density at radius 3 is 2.58 bits per heavy atom. The molecule has 0 amide bonds. The first kappa shape index (κ1) is 13.0. The number of aryl methyl sites for hydroxylation is 1. The minimum Gasteiger partial charge on any atom is -0.490 e. The summed E-state index contributed by atoms with van der Waals surface area (Å²) in [5.74, 6) is 1.45. The molecule has 1 saturated carbocycles. The van der Waals surface area contributed by atoms with Crippen molar-refractivity contribution in [2.75, 3.05) is 6.61 Å². The van der Waals surface area contributed by atoms with E-state index in [1.54, 1.807) is 6.07 Å². The van der Waals surface area contributed by atoms with Gasteiger partial charge in [-0.1, -0.05) is 20.8 Å². The molecule has 0 bridgehead atoms. The summed E-state index contributed by atoms with van der Waals surface area (Å²) in [6.07, 6.45) is 4.59. The second-order valence-electron chi connectivity index (χ2n) is 7.19. The molecule has 0 heterocycles. The molecule has 104 valence electrons. The van der Waals surface area contributed by atoms with Gasteiger partial charge in [-0.15, -0.1) is 0 Å². The van der Waals surface area contributed by atoms with Crippen LogP contribution in [0.5, 0.6) is 5.75 Å². The summed E-state index contributed by atoms with van der Waals surface area (Å²) in [6.45, 7) is 7.47. The minimum absolute atomic E-state index is 0.186. The van der Waals surface area contributed by atoms with E-state index < -0.39 is 0 Å². The highest BCUT2D eigenvalue weighted by Gasteiger charge is 2.33. The van der Waals surface area contributed by atoms with E-state index >= 15 is 0 Å². The van der Waals surface area contributed by atoms with E-state index in [1.807, 2.05) is 6.07 Å². The molecule has 0 radical (unpaired) electrons. The molecule has 1 fully saturated rings. The zero-order chi connectivity index (χ0) is 13.6. The van der Waals surface area contributed by atoms with Crippen LogP contribution in [0.15, 0.2) is 12.1 Å². The molecule has 1 aromatic carbocycles. The Kier molecular flexibility index (Phi) is 3.07. The standard InChI is InChI=1S/C17H23FO/c1-17(2,3)14-7-6-12-8-15(18)16(9-13(12)14)19-10-11-4-5-11/h8-9,11,14H,4-7,10H2,1-3H3. The number of hydrogen-bond acceptors (Lipinski definition) is 1. The quantitative estimate of drug-likeness (QED) is 0.767. The summed E-state index contributed by atoms with van der Waals surface area (Å²) in [7, 11) is 0. The highest BCUT2D eigenvalue weighted by atomic mass is 19.1. The zero-order valence-corrected chi connectivity index (χ0v) is 12.1. The van der Waals surface area contributed by atoms with Crippen LogP contribution in [-0.2, 0) is 6.42 Å². The molecular weight excluding hydrogens is 239 g/mol. The summed E-state index contributed by atoms with van der Waals surface area (Å²) in [5, 5.41) is 0. The maximum Gasteiger partial charge on any atom is 0.165 e. The monoisotopic (exact) mass is 262 g/mol. The molecule has 2 heteroatoms. The second kappa shape index (κ2) is 4.50. The summed E-state index contributed by atoms with van der Waals surface area (Å²) >= 11 is 0. The number of benzene rings is 1. The van der Waals surface area contributed by atoms with Crippen molar-refractivity contribution in [2.45, 2.75) is 52.4 Å². The van der Waals surface area contributed by atoms with Crippen molar-refractivity contribution in [3.63, 3.8) is 0 Å². The lowest BCUT2D eigenvalue weighted by Gasteiger charge is -2.28. The first-order valence-electron chi connectivity index (χ1n) is 7.40. The van der Waals surface area contributed by atoms with Crippen LogP contribution in [0, 0.1) is 17.2 Å². The lowest BCUT2D eigenvalue weighted by molar-refractivity contribution is 0.283. The molecule has 0 aliphatic heterocycles. The largest absolute Gasteiger partial charge is 0.490 e. The van der Waals surface area contributed by atoms with E-state index in [9.17, 15) is 4.39 Å². The van der Waals surface area contributed by atoms with Crippen molar-refractivity contribution in [1.82, 2.24) is 0 Å². The summed E-state index contributed by atoms with van der Waals surface area (Å²) in [4.78, 5) is 0. The number of fused-ring (bicyclic) bond motifs is 1. The fraction of sp³-hybridized carbons (Fsp3) is 0.647. The fourth-order valence-electron chi connectivity index (χ4n) is 3.11. The number of ether oxygens (including phenoxy) is 1. The lowest BCUT2D eigenvalue weighted by atomic mass is 9.77. The van der Waals surface area contributed by atoms with Gasteiger partial charge < -0.3 is 4.74 Å². The average molecular weight is 262 g/mol. The Morgan fingerprint density at radius 1 is 1.21 bits per heavy atom. The van der Waals surface area contributed by atoms with Gasteiger partial charge in [0.05, 0.1) is 6.61 Å². The molecule has 1 unspecified atom stereocenters. The topological polar surface area (TPSA) is 9.23 Å². The third kappa shape index (κ3) is 2.63. The lowest BCUT2D eigenvalue weighted by Crippen LogP contribution is -2.16. The first-order valence-corrected chi connectivity index (χ1v) is 7.40. The molecule has 3 rings (SSSR count). The van der Waals surface area contributed by atoms with Gasteiger partial charge in [0, 0.05) is 0 Å². The highest BCUT2D eigenvalue weighted by Crippen LogP contribution is 2.46. The molecule has 0 saturated heterocycles. The normalized spacial score (nSPS) is 22.4. The second-order valence-corrected chi connectivity index (χ2v) is 7.19. The van der Waals surface area contributed by atoms with Crippen LogP contribution in [0.2, 0.25) is 0 Å². The molecule has 0 aromatic heterocycles. The van der Waals surface area contributed by atoms with Crippen molar-refractivity contribution in [3.05, 3.63) is 29.1 Å². The summed E-state index contributed by atoms with van der Waals surface area (Å²) < 4.78 is 19.7. The molecule has 2 aliphatic rings.